The Kier molecular flexibility index (Phi) is 4.54. The van der Waals surface area contributed by atoms with Crippen LogP contribution in [0, 0.1) is 34.5 Å². The molecule has 1 aromatic heterocycles. The van der Waals surface area contributed by atoms with E-state index in [1.807, 2.05) is 6.07 Å². The molecule has 0 aliphatic heterocycles. The van der Waals surface area contributed by atoms with E-state index in [1.54, 1.807) is 6.92 Å². The van der Waals surface area contributed by atoms with E-state index in [-0.39, 0.29) is 0 Å². The molecule has 4 aliphatic carbocycles. The van der Waals surface area contributed by atoms with Crippen LogP contribution in [0.1, 0.15) is 109 Å². The minimum atomic E-state index is -0.587. The minimum Gasteiger partial charge on any atom is -0.390 e. The SMILES string of the molecule is C[C@H](O)c1cc([C@H]2CCC3C4CC[C@H]5C[C@](C)(O)CC[C@]5(C)C4CC[C@@]32C)no1. The monoisotopic (exact) mass is 401 g/mol. The molecule has 3 unspecified atom stereocenters. The summed E-state index contributed by atoms with van der Waals surface area (Å²) in [5.74, 6) is 4.17. The lowest BCUT2D eigenvalue weighted by Crippen LogP contribution is -2.55. The van der Waals surface area contributed by atoms with Crippen LogP contribution < -0.4 is 0 Å². The number of aromatic nitrogens is 1. The fraction of sp³-hybridized carbons (Fsp3) is 0.880. The Morgan fingerprint density at radius 1 is 1.00 bits per heavy atom. The molecular weight excluding hydrogens is 362 g/mol. The van der Waals surface area contributed by atoms with E-state index in [0.29, 0.717) is 28.4 Å². The molecule has 1 heterocycles. The van der Waals surface area contributed by atoms with Crippen LogP contribution in [-0.2, 0) is 0 Å². The predicted octanol–water partition coefficient (Wildman–Crippen LogP) is 5.61. The van der Waals surface area contributed by atoms with Crippen molar-refractivity contribution in [1.29, 1.82) is 0 Å². The molecule has 4 saturated carbocycles. The van der Waals surface area contributed by atoms with E-state index in [2.05, 4.69) is 25.9 Å². The highest BCUT2D eigenvalue weighted by Crippen LogP contribution is 2.69. The average molecular weight is 402 g/mol. The van der Waals surface area contributed by atoms with Crippen molar-refractivity contribution in [2.75, 3.05) is 0 Å². The second-order valence-corrected chi connectivity index (χ2v) is 11.9. The number of rotatable bonds is 2. The average Bonchev–Trinajstić information content (AvgIpc) is 3.26. The van der Waals surface area contributed by atoms with E-state index in [0.717, 1.165) is 36.3 Å². The Labute approximate surface area is 175 Å². The summed E-state index contributed by atoms with van der Waals surface area (Å²) in [6, 6.07) is 2.01. The Balaban J connectivity index is 1.40. The highest BCUT2D eigenvalue weighted by atomic mass is 16.5. The number of hydrogen-bond acceptors (Lipinski definition) is 4. The highest BCUT2D eigenvalue weighted by molar-refractivity contribution is 5.21. The van der Waals surface area contributed by atoms with Crippen molar-refractivity contribution >= 4 is 0 Å². The van der Waals surface area contributed by atoms with Crippen molar-refractivity contribution in [2.45, 2.75) is 103 Å². The van der Waals surface area contributed by atoms with Gasteiger partial charge in [-0.15, -0.1) is 0 Å². The fourth-order valence-electron chi connectivity index (χ4n) is 8.58. The maximum atomic E-state index is 10.7. The van der Waals surface area contributed by atoms with Gasteiger partial charge in [-0.2, -0.15) is 0 Å². The lowest BCUT2D eigenvalue weighted by Gasteiger charge is -2.61. The van der Waals surface area contributed by atoms with Crippen LogP contribution in [0.4, 0.5) is 0 Å². The Hall–Kier alpha value is -0.870. The number of aliphatic hydroxyl groups is 2. The number of fused-ring (bicyclic) bond motifs is 5. The maximum absolute atomic E-state index is 10.7. The third-order valence-electron chi connectivity index (χ3n) is 10.3. The molecule has 0 amide bonds. The highest BCUT2D eigenvalue weighted by Gasteiger charge is 2.61. The molecule has 5 rings (SSSR count). The van der Waals surface area contributed by atoms with Gasteiger partial charge in [-0.1, -0.05) is 19.0 Å². The summed E-state index contributed by atoms with van der Waals surface area (Å²) in [4.78, 5) is 0. The van der Waals surface area contributed by atoms with E-state index in [9.17, 15) is 10.2 Å². The molecule has 0 saturated heterocycles. The largest absolute Gasteiger partial charge is 0.390 e. The normalized spacial score (nSPS) is 50.5. The standard InChI is InChI=1S/C25H39NO3/c1-15(27)22-13-21(26-29-22)20-8-7-18-17-6-5-16-14-23(2,28)11-12-24(16,3)19(17)9-10-25(18,20)4/h13,15-20,27-28H,5-12,14H2,1-4H3/t15-,16-,17?,18?,19?,20+,23+,24-,25-/m0/s1. The fourth-order valence-corrected chi connectivity index (χ4v) is 8.58. The van der Waals surface area contributed by atoms with Crippen LogP contribution in [0.3, 0.4) is 0 Å². The van der Waals surface area contributed by atoms with Gasteiger partial charge < -0.3 is 14.7 Å². The topological polar surface area (TPSA) is 66.5 Å². The molecule has 0 spiro atoms. The Morgan fingerprint density at radius 2 is 1.76 bits per heavy atom. The third kappa shape index (κ3) is 2.96. The molecule has 0 aromatic carbocycles. The zero-order chi connectivity index (χ0) is 20.6. The molecule has 0 bridgehead atoms. The van der Waals surface area contributed by atoms with Gasteiger partial charge in [0.05, 0.1) is 11.3 Å². The van der Waals surface area contributed by atoms with E-state index in [4.69, 9.17) is 4.52 Å². The molecule has 162 valence electrons. The number of hydrogen-bond donors (Lipinski definition) is 2. The smallest absolute Gasteiger partial charge is 0.165 e. The summed E-state index contributed by atoms with van der Waals surface area (Å²) in [5.41, 5.74) is 1.33. The van der Waals surface area contributed by atoms with Crippen molar-refractivity contribution in [3.05, 3.63) is 17.5 Å². The van der Waals surface area contributed by atoms with Gasteiger partial charge in [0, 0.05) is 12.0 Å². The van der Waals surface area contributed by atoms with E-state index in [1.165, 1.54) is 44.9 Å². The van der Waals surface area contributed by atoms with Crippen molar-refractivity contribution in [3.8, 4) is 0 Å². The molecule has 4 heteroatoms. The third-order valence-corrected chi connectivity index (χ3v) is 10.3. The van der Waals surface area contributed by atoms with Crippen LogP contribution in [-0.4, -0.2) is 21.0 Å². The molecule has 2 N–H and O–H groups in total. The Morgan fingerprint density at radius 3 is 2.48 bits per heavy atom. The van der Waals surface area contributed by atoms with Gasteiger partial charge in [0.15, 0.2) is 5.76 Å². The van der Waals surface area contributed by atoms with Gasteiger partial charge in [0.1, 0.15) is 6.10 Å². The van der Waals surface area contributed by atoms with Gasteiger partial charge in [-0.25, -0.2) is 0 Å². The molecule has 0 radical (unpaired) electrons. The van der Waals surface area contributed by atoms with Crippen LogP contribution >= 0.6 is 0 Å². The first-order valence-electron chi connectivity index (χ1n) is 12.0. The molecular formula is C25H39NO3. The molecule has 4 aliphatic rings. The Bertz CT molecular complexity index is 770. The van der Waals surface area contributed by atoms with Crippen LogP contribution in [0.15, 0.2) is 10.6 Å². The molecule has 4 nitrogen and oxygen atoms in total. The quantitative estimate of drug-likeness (QED) is 0.676. The first-order valence-corrected chi connectivity index (χ1v) is 12.0. The lowest BCUT2D eigenvalue weighted by molar-refractivity contribution is -0.143. The summed E-state index contributed by atoms with van der Waals surface area (Å²) >= 11 is 0. The van der Waals surface area contributed by atoms with Crippen LogP contribution in [0.2, 0.25) is 0 Å². The van der Waals surface area contributed by atoms with Crippen molar-refractivity contribution in [2.24, 2.45) is 34.5 Å². The van der Waals surface area contributed by atoms with Crippen LogP contribution in [0.5, 0.6) is 0 Å². The molecule has 1 aromatic rings. The lowest BCUT2D eigenvalue weighted by atomic mass is 9.44. The zero-order valence-electron chi connectivity index (χ0n) is 18.7. The van der Waals surface area contributed by atoms with Crippen LogP contribution in [0.25, 0.3) is 0 Å². The second-order valence-electron chi connectivity index (χ2n) is 11.9. The zero-order valence-corrected chi connectivity index (χ0v) is 18.7. The van der Waals surface area contributed by atoms with Gasteiger partial charge in [0.25, 0.3) is 0 Å². The minimum absolute atomic E-state index is 0.303. The molecule has 4 fully saturated rings. The van der Waals surface area contributed by atoms with E-state index < -0.39 is 11.7 Å². The summed E-state index contributed by atoms with van der Waals surface area (Å²) in [5, 5.41) is 24.9. The van der Waals surface area contributed by atoms with Crippen molar-refractivity contribution in [3.63, 3.8) is 0 Å². The molecule has 9 atom stereocenters. The number of nitrogens with zero attached hydrogens (tertiary/aromatic N) is 1. The number of aliphatic hydroxyl groups excluding tert-OH is 1. The van der Waals surface area contributed by atoms with Gasteiger partial charge >= 0.3 is 0 Å². The summed E-state index contributed by atoms with van der Waals surface area (Å²) in [6.45, 7) is 8.88. The van der Waals surface area contributed by atoms with E-state index >= 15 is 0 Å². The van der Waals surface area contributed by atoms with Crippen molar-refractivity contribution < 1.29 is 14.7 Å². The molecule has 29 heavy (non-hydrogen) atoms. The first kappa shape index (κ1) is 20.1. The second kappa shape index (κ2) is 6.56. The summed E-state index contributed by atoms with van der Waals surface area (Å²) in [6.07, 6.45) is 10.3. The first-order chi connectivity index (χ1) is 13.6. The van der Waals surface area contributed by atoms with Gasteiger partial charge in [-0.3, -0.25) is 0 Å². The summed E-state index contributed by atoms with van der Waals surface area (Å²) in [7, 11) is 0. The predicted molar refractivity (Wildman–Crippen MR) is 112 cm³/mol. The van der Waals surface area contributed by atoms with Crippen molar-refractivity contribution in [1.82, 2.24) is 5.16 Å². The van der Waals surface area contributed by atoms with Gasteiger partial charge in [0.2, 0.25) is 0 Å². The maximum Gasteiger partial charge on any atom is 0.165 e. The summed E-state index contributed by atoms with van der Waals surface area (Å²) < 4.78 is 5.45. The van der Waals surface area contributed by atoms with Gasteiger partial charge in [-0.05, 0) is 106 Å².